The van der Waals surface area contributed by atoms with Crippen LogP contribution >= 0.6 is 0 Å². The summed E-state index contributed by atoms with van der Waals surface area (Å²) in [6, 6.07) is 18.0. The van der Waals surface area contributed by atoms with E-state index in [0.29, 0.717) is 0 Å². The number of nitrogens with zero attached hydrogens (tertiary/aromatic N) is 2. The van der Waals surface area contributed by atoms with E-state index in [-0.39, 0.29) is 5.75 Å². The zero-order valence-corrected chi connectivity index (χ0v) is 12.7. The highest BCUT2D eigenvalue weighted by Crippen LogP contribution is 2.29. The molecule has 0 amide bonds. The third-order valence-electron chi connectivity index (χ3n) is 3.70. The second-order valence-electron chi connectivity index (χ2n) is 5.49. The van der Waals surface area contributed by atoms with Crippen molar-refractivity contribution in [2.24, 2.45) is 0 Å². The minimum absolute atomic E-state index is 0.282. The molecule has 0 bridgehead atoms. The molecule has 112 valence electrons. The van der Waals surface area contributed by atoms with Crippen molar-refractivity contribution in [3.63, 3.8) is 0 Å². The molecule has 1 aromatic heterocycles. The van der Waals surface area contributed by atoms with Crippen molar-refractivity contribution in [2.75, 3.05) is 0 Å². The topological polar surface area (TPSA) is 38.0 Å². The van der Waals surface area contributed by atoms with Gasteiger partial charge < -0.3 is 5.11 Å². The van der Waals surface area contributed by atoms with Gasteiger partial charge in [-0.15, -0.1) is 0 Å². The van der Waals surface area contributed by atoms with Gasteiger partial charge in [-0.1, -0.05) is 49.7 Å². The molecule has 3 rings (SSSR count). The standard InChI is InChI=1S/C19H20N2O/c1-2-6-15-9-10-19(22)17(13-15)18-11-12-21(20-18)14-16-7-4-3-5-8-16/h3-5,7-13,22H,2,6,14H2,1H3. The number of hydrogen-bond acceptors (Lipinski definition) is 2. The lowest BCUT2D eigenvalue weighted by molar-refractivity contribution is 0.476. The van der Waals surface area contributed by atoms with Crippen LogP contribution in [-0.4, -0.2) is 14.9 Å². The lowest BCUT2D eigenvalue weighted by Crippen LogP contribution is -2.00. The van der Waals surface area contributed by atoms with E-state index in [9.17, 15) is 5.11 Å². The number of rotatable bonds is 5. The molecule has 2 aromatic carbocycles. The third-order valence-corrected chi connectivity index (χ3v) is 3.70. The highest BCUT2D eigenvalue weighted by Gasteiger charge is 2.09. The van der Waals surface area contributed by atoms with Crippen LogP contribution in [0.4, 0.5) is 0 Å². The summed E-state index contributed by atoms with van der Waals surface area (Å²) in [6.07, 6.45) is 4.05. The van der Waals surface area contributed by atoms with E-state index < -0.39 is 0 Å². The van der Waals surface area contributed by atoms with Gasteiger partial charge in [0.1, 0.15) is 5.75 Å². The molecular formula is C19H20N2O. The molecule has 0 saturated heterocycles. The third kappa shape index (κ3) is 3.19. The average Bonchev–Trinajstić information content (AvgIpc) is 2.99. The fourth-order valence-electron chi connectivity index (χ4n) is 2.60. The molecule has 0 atom stereocenters. The SMILES string of the molecule is CCCc1ccc(O)c(-c2ccn(Cc3ccccc3)n2)c1. The Morgan fingerprint density at radius 3 is 2.59 bits per heavy atom. The van der Waals surface area contributed by atoms with Gasteiger partial charge in [-0.3, -0.25) is 4.68 Å². The summed E-state index contributed by atoms with van der Waals surface area (Å²) >= 11 is 0. The van der Waals surface area contributed by atoms with Crippen molar-refractivity contribution in [1.82, 2.24) is 9.78 Å². The Bertz CT molecular complexity index is 747. The molecule has 3 nitrogen and oxygen atoms in total. The molecule has 3 heteroatoms. The summed E-state index contributed by atoms with van der Waals surface area (Å²) in [5.74, 6) is 0.282. The first kappa shape index (κ1) is 14.4. The second kappa shape index (κ2) is 6.48. The molecular weight excluding hydrogens is 272 g/mol. The summed E-state index contributed by atoms with van der Waals surface area (Å²) in [4.78, 5) is 0. The smallest absolute Gasteiger partial charge is 0.125 e. The van der Waals surface area contributed by atoms with Gasteiger partial charge in [-0.2, -0.15) is 5.10 Å². The maximum atomic E-state index is 10.1. The first-order chi connectivity index (χ1) is 10.8. The lowest BCUT2D eigenvalue weighted by atomic mass is 10.0. The molecule has 0 aliphatic carbocycles. The molecule has 0 spiro atoms. The lowest BCUT2D eigenvalue weighted by Gasteiger charge is -2.05. The van der Waals surface area contributed by atoms with Crippen molar-refractivity contribution >= 4 is 0 Å². The van der Waals surface area contributed by atoms with E-state index in [2.05, 4.69) is 24.2 Å². The van der Waals surface area contributed by atoms with E-state index in [1.807, 2.05) is 47.3 Å². The number of phenols is 1. The van der Waals surface area contributed by atoms with E-state index in [1.54, 1.807) is 6.07 Å². The molecule has 0 saturated carbocycles. The molecule has 0 fully saturated rings. The summed E-state index contributed by atoms with van der Waals surface area (Å²) in [5, 5.41) is 14.7. The summed E-state index contributed by atoms with van der Waals surface area (Å²) in [7, 11) is 0. The quantitative estimate of drug-likeness (QED) is 0.763. The summed E-state index contributed by atoms with van der Waals surface area (Å²) in [5.41, 5.74) is 4.05. The van der Waals surface area contributed by atoms with E-state index in [1.165, 1.54) is 11.1 Å². The van der Waals surface area contributed by atoms with Gasteiger partial charge in [0.25, 0.3) is 0 Å². The minimum atomic E-state index is 0.282. The number of aryl methyl sites for hydroxylation is 1. The Kier molecular flexibility index (Phi) is 4.24. The Morgan fingerprint density at radius 1 is 1.00 bits per heavy atom. The van der Waals surface area contributed by atoms with Crippen LogP contribution in [0.15, 0.2) is 60.8 Å². The van der Waals surface area contributed by atoms with Gasteiger partial charge in [0.2, 0.25) is 0 Å². The maximum absolute atomic E-state index is 10.1. The monoisotopic (exact) mass is 292 g/mol. The maximum Gasteiger partial charge on any atom is 0.125 e. The van der Waals surface area contributed by atoms with Gasteiger partial charge in [0, 0.05) is 11.8 Å². The van der Waals surface area contributed by atoms with Crippen molar-refractivity contribution in [3.05, 3.63) is 71.9 Å². The fourth-order valence-corrected chi connectivity index (χ4v) is 2.60. The van der Waals surface area contributed by atoms with Crippen LogP contribution in [0.1, 0.15) is 24.5 Å². The predicted octanol–water partition coefficient (Wildman–Crippen LogP) is 4.26. The number of hydrogen-bond donors (Lipinski definition) is 1. The van der Waals surface area contributed by atoms with Crippen LogP contribution in [0, 0.1) is 0 Å². The van der Waals surface area contributed by atoms with Crippen molar-refractivity contribution < 1.29 is 5.11 Å². The van der Waals surface area contributed by atoms with Gasteiger partial charge in [0.05, 0.1) is 12.2 Å². The Balaban J connectivity index is 1.86. The van der Waals surface area contributed by atoms with Crippen LogP contribution in [0.5, 0.6) is 5.75 Å². The zero-order valence-electron chi connectivity index (χ0n) is 12.7. The van der Waals surface area contributed by atoms with E-state index in [0.717, 1.165) is 30.6 Å². The van der Waals surface area contributed by atoms with Crippen LogP contribution < -0.4 is 0 Å². The van der Waals surface area contributed by atoms with Gasteiger partial charge in [-0.05, 0) is 35.7 Å². The van der Waals surface area contributed by atoms with Crippen LogP contribution in [0.2, 0.25) is 0 Å². The van der Waals surface area contributed by atoms with Crippen LogP contribution in [0.25, 0.3) is 11.3 Å². The first-order valence-electron chi connectivity index (χ1n) is 7.66. The first-order valence-corrected chi connectivity index (χ1v) is 7.66. The van der Waals surface area contributed by atoms with Crippen molar-refractivity contribution in [3.8, 4) is 17.0 Å². The molecule has 0 unspecified atom stereocenters. The molecule has 1 N–H and O–H groups in total. The molecule has 0 aliphatic rings. The molecule has 1 heterocycles. The largest absolute Gasteiger partial charge is 0.507 e. The van der Waals surface area contributed by atoms with Crippen LogP contribution in [0.3, 0.4) is 0 Å². The minimum Gasteiger partial charge on any atom is -0.507 e. The highest BCUT2D eigenvalue weighted by molar-refractivity contribution is 5.67. The Hall–Kier alpha value is -2.55. The molecule has 22 heavy (non-hydrogen) atoms. The van der Waals surface area contributed by atoms with E-state index in [4.69, 9.17) is 0 Å². The number of aromatic nitrogens is 2. The Morgan fingerprint density at radius 2 is 1.82 bits per heavy atom. The zero-order chi connectivity index (χ0) is 15.4. The predicted molar refractivity (Wildman–Crippen MR) is 88.9 cm³/mol. The summed E-state index contributed by atoms with van der Waals surface area (Å²) < 4.78 is 1.90. The van der Waals surface area contributed by atoms with Crippen molar-refractivity contribution in [1.29, 1.82) is 0 Å². The highest BCUT2D eigenvalue weighted by atomic mass is 16.3. The second-order valence-corrected chi connectivity index (χ2v) is 5.49. The van der Waals surface area contributed by atoms with Gasteiger partial charge in [0.15, 0.2) is 0 Å². The fraction of sp³-hybridized carbons (Fsp3) is 0.211. The number of benzene rings is 2. The van der Waals surface area contributed by atoms with Gasteiger partial charge in [-0.25, -0.2) is 0 Å². The average molecular weight is 292 g/mol. The van der Waals surface area contributed by atoms with E-state index >= 15 is 0 Å². The Labute approximate surface area is 130 Å². The molecule has 0 aliphatic heterocycles. The van der Waals surface area contributed by atoms with Gasteiger partial charge >= 0.3 is 0 Å². The normalized spacial score (nSPS) is 10.8. The molecule has 3 aromatic rings. The molecule has 0 radical (unpaired) electrons. The summed E-state index contributed by atoms with van der Waals surface area (Å²) in [6.45, 7) is 2.89. The number of phenolic OH excluding ortho intramolecular Hbond substituents is 1. The van der Waals surface area contributed by atoms with Crippen LogP contribution in [-0.2, 0) is 13.0 Å². The van der Waals surface area contributed by atoms with Crippen molar-refractivity contribution in [2.45, 2.75) is 26.3 Å². The number of aromatic hydroxyl groups is 1.